The molecule has 1 heterocycles. The Balaban J connectivity index is 2.26. The largest absolute Gasteiger partial charge is 0.378 e. The van der Waals surface area contributed by atoms with Crippen molar-refractivity contribution in [1.29, 1.82) is 0 Å². The van der Waals surface area contributed by atoms with Gasteiger partial charge in [0.1, 0.15) is 0 Å². The second-order valence-electron chi connectivity index (χ2n) is 4.84. The van der Waals surface area contributed by atoms with E-state index in [2.05, 4.69) is 22.0 Å². The van der Waals surface area contributed by atoms with E-state index in [-0.39, 0.29) is 0 Å². The van der Waals surface area contributed by atoms with Crippen molar-refractivity contribution in [2.45, 2.75) is 0 Å². The smallest absolute Gasteiger partial charge is 0.182 e. The predicted octanol–water partition coefficient (Wildman–Crippen LogP) is 4.41. The van der Waals surface area contributed by atoms with Gasteiger partial charge in [-0.2, -0.15) is 0 Å². The fraction of sp³-hybridized carbons (Fsp3) is 0.133. The zero-order valence-electron chi connectivity index (χ0n) is 11.2. The molecule has 0 amide bonds. The molecular weight excluding hydrogens is 290 g/mol. The van der Waals surface area contributed by atoms with Gasteiger partial charge in [0.25, 0.3) is 0 Å². The zero-order chi connectivity index (χ0) is 14.3. The Labute approximate surface area is 127 Å². The van der Waals surface area contributed by atoms with Gasteiger partial charge in [-0.25, -0.2) is 0 Å². The number of imidazole rings is 1. The van der Waals surface area contributed by atoms with E-state index in [1.807, 2.05) is 49.0 Å². The molecule has 3 nitrogen and oxygen atoms in total. The maximum absolute atomic E-state index is 6.02. The van der Waals surface area contributed by atoms with Gasteiger partial charge in [0.2, 0.25) is 0 Å². The Morgan fingerprint density at radius 2 is 1.95 bits per heavy atom. The Kier molecular flexibility index (Phi) is 3.28. The van der Waals surface area contributed by atoms with Gasteiger partial charge in [0.15, 0.2) is 4.77 Å². The van der Waals surface area contributed by atoms with Crippen LogP contribution < -0.4 is 4.90 Å². The van der Waals surface area contributed by atoms with E-state index in [4.69, 9.17) is 23.8 Å². The first kappa shape index (κ1) is 13.2. The van der Waals surface area contributed by atoms with Crippen molar-refractivity contribution in [1.82, 2.24) is 9.55 Å². The number of rotatable bonds is 2. The van der Waals surface area contributed by atoms with Crippen LogP contribution in [0.25, 0.3) is 16.7 Å². The maximum Gasteiger partial charge on any atom is 0.182 e. The number of hydrogen-bond acceptors (Lipinski definition) is 2. The van der Waals surface area contributed by atoms with Gasteiger partial charge in [0, 0.05) is 24.8 Å². The van der Waals surface area contributed by atoms with Gasteiger partial charge in [-0.3, -0.25) is 4.57 Å². The number of nitrogens with zero attached hydrogens (tertiary/aromatic N) is 2. The summed E-state index contributed by atoms with van der Waals surface area (Å²) in [5.41, 5.74) is 4.13. The molecule has 5 heteroatoms. The van der Waals surface area contributed by atoms with E-state index in [1.54, 1.807) is 0 Å². The molecule has 1 aromatic heterocycles. The normalized spacial score (nSPS) is 10.9. The summed E-state index contributed by atoms with van der Waals surface area (Å²) >= 11 is 11.5. The van der Waals surface area contributed by atoms with Gasteiger partial charge in [-0.15, -0.1) is 0 Å². The first-order valence-electron chi connectivity index (χ1n) is 6.24. The van der Waals surface area contributed by atoms with Crippen molar-refractivity contribution in [2.24, 2.45) is 0 Å². The number of fused-ring (bicyclic) bond motifs is 1. The third-order valence-corrected chi connectivity index (χ3v) is 3.77. The molecule has 0 bridgehead atoms. The Hall–Kier alpha value is -1.78. The molecule has 0 radical (unpaired) electrons. The molecule has 102 valence electrons. The second kappa shape index (κ2) is 4.96. The number of aromatic amines is 1. The van der Waals surface area contributed by atoms with E-state index in [0.29, 0.717) is 9.79 Å². The minimum absolute atomic E-state index is 0.665. The first-order valence-corrected chi connectivity index (χ1v) is 7.03. The molecule has 0 spiro atoms. The number of H-pyrrole nitrogens is 1. The Bertz CT molecular complexity index is 832. The van der Waals surface area contributed by atoms with E-state index in [0.717, 1.165) is 22.4 Å². The molecule has 2 aromatic carbocycles. The molecule has 0 atom stereocenters. The van der Waals surface area contributed by atoms with E-state index in [1.165, 1.54) is 0 Å². The van der Waals surface area contributed by atoms with E-state index < -0.39 is 0 Å². The van der Waals surface area contributed by atoms with Crippen LogP contribution in [0.4, 0.5) is 5.69 Å². The SMILES string of the molecule is CN(C)c1cccc(-n2c(=S)[nH]c3cc(Cl)ccc32)c1. The molecule has 0 saturated carbocycles. The van der Waals surface area contributed by atoms with Crippen molar-refractivity contribution >= 4 is 40.5 Å². The number of nitrogens with one attached hydrogen (secondary N) is 1. The standard InChI is InChI=1S/C15H14ClN3S/c1-18(2)11-4-3-5-12(9-11)19-14-7-6-10(16)8-13(14)17-15(19)20/h3-9H,1-2H3,(H,17,20). The highest BCUT2D eigenvalue weighted by atomic mass is 35.5. The summed E-state index contributed by atoms with van der Waals surface area (Å²) < 4.78 is 2.69. The van der Waals surface area contributed by atoms with Crippen LogP contribution in [0.5, 0.6) is 0 Å². The van der Waals surface area contributed by atoms with E-state index in [9.17, 15) is 0 Å². The predicted molar refractivity (Wildman–Crippen MR) is 87.8 cm³/mol. The van der Waals surface area contributed by atoms with Crippen LogP contribution in [0.1, 0.15) is 0 Å². The number of benzene rings is 2. The maximum atomic E-state index is 6.02. The molecule has 0 aliphatic rings. The van der Waals surface area contributed by atoms with Crippen molar-refractivity contribution in [2.75, 3.05) is 19.0 Å². The van der Waals surface area contributed by atoms with Crippen molar-refractivity contribution in [3.63, 3.8) is 0 Å². The summed E-state index contributed by atoms with van der Waals surface area (Å²) in [4.78, 5) is 5.26. The van der Waals surface area contributed by atoms with E-state index >= 15 is 0 Å². The molecule has 0 unspecified atom stereocenters. The van der Waals surface area contributed by atoms with Gasteiger partial charge >= 0.3 is 0 Å². The van der Waals surface area contributed by atoms with Crippen LogP contribution in [-0.4, -0.2) is 23.6 Å². The fourth-order valence-electron chi connectivity index (χ4n) is 2.25. The summed E-state index contributed by atoms with van der Waals surface area (Å²) in [7, 11) is 4.04. The van der Waals surface area contributed by atoms with Gasteiger partial charge in [-0.1, -0.05) is 17.7 Å². The highest BCUT2D eigenvalue weighted by molar-refractivity contribution is 7.71. The number of halogens is 1. The lowest BCUT2D eigenvalue weighted by Gasteiger charge is -2.14. The fourth-order valence-corrected chi connectivity index (χ4v) is 2.74. The van der Waals surface area contributed by atoms with Gasteiger partial charge in [-0.05, 0) is 48.6 Å². The van der Waals surface area contributed by atoms with Crippen LogP contribution in [0.15, 0.2) is 42.5 Å². The molecule has 20 heavy (non-hydrogen) atoms. The first-order chi connectivity index (χ1) is 9.56. The van der Waals surface area contributed by atoms with Gasteiger partial charge in [0.05, 0.1) is 16.7 Å². The highest BCUT2D eigenvalue weighted by Crippen LogP contribution is 2.24. The Morgan fingerprint density at radius 1 is 1.15 bits per heavy atom. The minimum Gasteiger partial charge on any atom is -0.378 e. The van der Waals surface area contributed by atoms with Crippen LogP contribution in [0.2, 0.25) is 5.02 Å². The molecule has 3 rings (SSSR count). The molecule has 0 aliphatic heterocycles. The van der Waals surface area contributed by atoms with Gasteiger partial charge < -0.3 is 9.88 Å². The topological polar surface area (TPSA) is 24.0 Å². The molecule has 0 fully saturated rings. The average Bonchev–Trinajstić information content (AvgIpc) is 2.73. The van der Waals surface area contributed by atoms with Crippen LogP contribution in [-0.2, 0) is 0 Å². The monoisotopic (exact) mass is 303 g/mol. The minimum atomic E-state index is 0.665. The summed E-state index contributed by atoms with van der Waals surface area (Å²) in [5.74, 6) is 0. The number of hydrogen-bond donors (Lipinski definition) is 1. The van der Waals surface area contributed by atoms with Crippen LogP contribution in [0.3, 0.4) is 0 Å². The molecule has 0 aliphatic carbocycles. The zero-order valence-corrected chi connectivity index (χ0v) is 12.8. The van der Waals surface area contributed by atoms with Crippen molar-refractivity contribution in [3.8, 4) is 5.69 Å². The Morgan fingerprint density at radius 3 is 2.70 bits per heavy atom. The number of aromatic nitrogens is 2. The summed E-state index contributed by atoms with van der Waals surface area (Å²) in [6.45, 7) is 0. The second-order valence-corrected chi connectivity index (χ2v) is 5.66. The number of anilines is 1. The summed E-state index contributed by atoms with van der Waals surface area (Å²) in [6.07, 6.45) is 0. The third-order valence-electron chi connectivity index (χ3n) is 3.25. The average molecular weight is 304 g/mol. The lowest BCUT2D eigenvalue weighted by Crippen LogP contribution is -2.09. The summed E-state index contributed by atoms with van der Waals surface area (Å²) in [5, 5.41) is 0.697. The molecule has 3 aromatic rings. The molecule has 1 N–H and O–H groups in total. The lowest BCUT2D eigenvalue weighted by molar-refractivity contribution is 1.05. The van der Waals surface area contributed by atoms with Crippen molar-refractivity contribution < 1.29 is 0 Å². The quantitative estimate of drug-likeness (QED) is 0.709. The summed E-state index contributed by atoms with van der Waals surface area (Å²) in [6, 6.07) is 14.0. The van der Waals surface area contributed by atoms with Crippen molar-refractivity contribution in [3.05, 3.63) is 52.3 Å². The van der Waals surface area contributed by atoms with Crippen LogP contribution >= 0.6 is 23.8 Å². The van der Waals surface area contributed by atoms with Crippen LogP contribution in [0, 0.1) is 4.77 Å². The lowest BCUT2D eigenvalue weighted by atomic mass is 10.2. The highest BCUT2D eigenvalue weighted by Gasteiger charge is 2.08. The third kappa shape index (κ3) is 2.21. The molecular formula is C15H14ClN3S. The molecule has 0 saturated heterocycles.